The third-order valence-electron chi connectivity index (χ3n) is 5.17. The molecule has 0 unspecified atom stereocenters. The van der Waals surface area contributed by atoms with Gasteiger partial charge >= 0.3 is 0 Å². The summed E-state index contributed by atoms with van der Waals surface area (Å²) in [6, 6.07) is 10.3. The highest BCUT2D eigenvalue weighted by molar-refractivity contribution is 7.89. The van der Waals surface area contributed by atoms with Crippen molar-refractivity contribution < 1.29 is 22.7 Å². The van der Waals surface area contributed by atoms with Crippen molar-refractivity contribution in [1.82, 2.24) is 4.31 Å². The zero-order valence-corrected chi connectivity index (χ0v) is 18.0. The molecule has 2 aromatic rings. The third-order valence-corrected chi connectivity index (χ3v) is 6.97. The lowest BCUT2D eigenvalue weighted by molar-refractivity contribution is -0.116. The number of carbonyl (C=O) groups is 1. The van der Waals surface area contributed by atoms with Crippen molar-refractivity contribution in [3.8, 4) is 11.5 Å². The molecule has 0 bridgehead atoms. The number of hydrogen-bond acceptors (Lipinski definition) is 5. The normalized spacial score (nSPS) is 13.9. The summed E-state index contributed by atoms with van der Waals surface area (Å²) < 4.78 is 38.4. The van der Waals surface area contributed by atoms with Crippen LogP contribution in [0.15, 0.2) is 41.3 Å². The molecule has 3 rings (SSSR count). The number of benzene rings is 2. The molecule has 0 fully saturated rings. The zero-order chi connectivity index (χ0) is 21.2. The number of fused-ring (bicyclic) bond motifs is 1. The number of sulfonamides is 1. The quantitative estimate of drug-likeness (QED) is 0.721. The van der Waals surface area contributed by atoms with Crippen LogP contribution in [-0.4, -0.2) is 46.4 Å². The van der Waals surface area contributed by atoms with Crippen LogP contribution >= 0.6 is 0 Å². The van der Waals surface area contributed by atoms with Crippen molar-refractivity contribution in [3.05, 3.63) is 47.5 Å². The molecule has 1 amide bonds. The lowest BCUT2D eigenvalue weighted by Crippen LogP contribution is -2.34. The largest absolute Gasteiger partial charge is 0.496 e. The average Bonchev–Trinajstić information content (AvgIpc) is 2.72. The molecular formula is C21H26N2O5S. The molecule has 2 aromatic carbocycles. The molecule has 8 heteroatoms. The third kappa shape index (κ3) is 4.09. The van der Waals surface area contributed by atoms with Crippen LogP contribution in [-0.2, 0) is 27.8 Å². The second kappa shape index (κ2) is 8.42. The van der Waals surface area contributed by atoms with Crippen LogP contribution in [0.1, 0.15) is 24.5 Å². The van der Waals surface area contributed by atoms with E-state index in [0.29, 0.717) is 23.6 Å². The topological polar surface area (TPSA) is 76.2 Å². The lowest BCUT2D eigenvalue weighted by atomic mass is 10.0. The summed E-state index contributed by atoms with van der Waals surface area (Å²) in [5, 5.41) is 0. The maximum atomic E-state index is 13.2. The Hall–Kier alpha value is -2.58. The molecular weight excluding hydrogens is 392 g/mol. The Labute approximate surface area is 171 Å². The first-order chi connectivity index (χ1) is 13.8. The Morgan fingerprint density at radius 1 is 1.14 bits per heavy atom. The summed E-state index contributed by atoms with van der Waals surface area (Å²) in [4.78, 5) is 13.8. The van der Waals surface area contributed by atoms with Crippen LogP contribution in [0.25, 0.3) is 0 Å². The van der Waals surface area contributed by atoms with Gasteiger partial charge in [-0.15, -0.1) is 0 Å². The van der Waals surface area contributed by atoms with E-state index in [9.17, 15) is 13.2 Å². The van der Waals surface area contributed by atoms with Gasteiger partial charge in [0.05, 0.1) is 24.7 Å². The number of hydrogen-bond donors (Lipinski definition) is 0. The molecule has 0 radical (unpaired) electrons. The van der Waals surface area contributed by atoms with Crippen molar-refractivity contribution in [2.75, 3.05) is 32.7 Å². The second-order valence-electron chi connectivity index (χ2n) is 6.97. The Morgan fingerprint density at radius 2 is 1.79 bits per heavy atom. The number of nitrogens with zero attached hydrogens (tertiary/aromatic N) is 2. The van der Waals surface area contributed by atoms with E-state index >= 15 is 0 Å². The highest BCUT2D eigenvalue weighted by atomic mass is 32.2. The molecule has 0 aromatic heterocycles. The highest BCUT2D eigenvalue weighted by Gasteiger charge is 2.27. The number of methoxy groups -OCH3 is 2. The summed E-state index contributed by atoms with van der Waals surface area (Å²) >= 11 is 0. The van der Waals surface area contributed by atoms with E-state index in [1.54, 1.807) is 41.3 Å². The van der Waals surface area contributed by atoms with Gasteiger partial charge in [0.25, 0.3) is 0 Å². The van der Waals surface area contributed by atoms with Crippen molar-refractivity contribution in [2.45, 2.75) is 31.2 Å². The first-order valence-corrected chi connectivity index (χ1v) is 10.8. The smallest absolute Gasteiger partial charge is 0.243 e. The van der Waals surface area contributed by atoms with Crippen molar-refractivity contribution in [1.29, 1.82) is 0 Å². The first-order valence-electron chi connectivity index (χ1n) is 9.36. The highest BCUT2D eigenvalue weighted by Crippen LogP contribution is 2.33. The van der Waals surface area contributed by atoms with E-state index in [1.807, 2.05) is 0 Å². The van der Waals surface area contributed by atoms with Crippen LogP contribution in [0.2, 0.25) is 0 Å². The van der Waals surface area contributed by atoms with E-state index in [2.05, 4.69) is 0 Å². The summed E-state index contributed by atoms with van der Waals surface area (Å²) in [7, 11) is 0.868. The predicted molar refractivity (Wildman–Crippen MR) is 111 cm³/mol. The van der Waals surface area contributed by atoms with E-state index in [1.165, 1.54) is 32.5 Å². The minimum atomic E-state index is -3.74. The van der Waals surface area contributed by atoms with Crippen LogP contribution < -0.4 is 14.4 Å². The fourth-order valence-corrected chi connectivity index (χ4v) is 4.82. The summed E-state index contributed by atoms with van der Waals surface area (Å²) in [5.74, 6) is 1.09. The van der Waals surface area contributed by atoms with E-state index in [0.717, 1.165) is 24.1 Å². The van der Waals surface area contributed by atoms with Gasteiger partial charge < -0.3 is 14.4 Å². The predicted octanol–water partition coefficient (Wildman–Crippen LogP) is 2.82. The van der Waals surface area contributed by atoms with E-state index in [-0.39, 0.29) is 17.3 Å². The standard InChI is InChI=1S/C21H26N2O5S/c1-15(24)23-12-6-7-16-13-17(10-11-19(16)23)29(25,26)22(2)14-18-20(27-3)8-5-9-21(18)28-4/h5,8-11,13H,6-7,12,14H2,1-4H3. The average molecular weight is 419 g/mol. The Balaban J connectivity index is 1.93. The SMILES string of the molecule is COc1cccc(OC)c1CN(C)S(=O)(=O)c1ccc2c(c1)CCCN2C(C)=O. The zero-order valence-electron chi connectivity index (χ0n) is 17.1. The fourth-order valence-electron chi connectivity index (χ4n) is 3.63. The molecule has 0 spiro atoms. The monoisotopic (exact) mass is 418 g/mol. The van der Waals surface area contributed by atoms with Gasteiger partial charge in [0.15, 0.2) is 0 Å². The van der Waals surface area contributed by atoms with Crippen LogP contribution in [0, 0.1) is 0 Å². The molecule has 156 valence electrons. The summed E-state index contributed by atoms with van der Waals surface area (Å²) in [6.45, 7) is 2.28. The molecule has 0 saturated carbocycles. The van der Waals surface area contributed by atoms with Gasteiger partial charge in [-0.2, -0.15) is 4.31 Å². The summed E-state index contributed by atoms with van der Waals surface area (Å²) in [5.41, 5.74) is 2.32. The Morgan fingerprint density at radius 3 is 2.38 bits per heavy atom. The van der Waals surface area contributed by atoms with E-state index < -0.39 is 10.0 Å². The second-order valence-corrected chi connectivity index (χ2v) is 9.01. The minimum absolute atomic E-state index is 0.0399. The molecule has 29 heavy (non-hydrogen) atoms. The molecule has 0 atom stereocenters. The van der Waals surface area contributed by atoms with Gasteiger partial charge in [0, 0.05) is 32.7 Å². The number of rotatable bonds is 6. The number of anilines is 1. The van der Waals surface area contributed by atoms with Gasteiger partial charge in [-0.25, -0.2) is 8.42 Å². The lowest BCUT2D eigenvalue weighted by Gasteiger charge is -2.29. The Bertz CT molecular complexity index is 997. The fraction of sp³-hybridized carbons (Fsp3) is 0.381. The van der Waals surface area contributed by atoms with Crippen LogP contribution in [0.5, 0.6) is 11.5 Å². The van der Waals surface area contributed by atoms with Crippen molar-refractivity contribution >= 4 is 21.6 Å². The van der Waals surface area contributed by atoms with Crippen LogP contribution in [0.4, 0.5) is 5.69 Å². The number of aryl methyl sites for hydroxylation is 1. The van der Waals surface area contributed by atoms with Gasteiger partial charge in [-0.1, -0.05) is 6.07 Å². The maximum Gasteiger partial charge on any atom is 0.243 e. The Kier molecular flexibility index (Phi) is 6.14. The van der Waals surface area contributed by atoms with Crippen LogP contribution in [0.3, 0.4) is 0 Å². The maximum absolute atomic E-state index is 13.2. The minimum Gasteiger partial charge on any atom is -0.496 e. The van der Waals surface area contributed by atoms with Crippen molar-refractivity contribution in [3.63, 3.8) is 0 Å². The molecule has 0 N–H and O–H groups in total. The van der Waals surface area contributed by atoms with Gasteiger partial charge in [-0.3, -0.25) is 4.79 Å². The van der Waals surface area contributed by atoms with E-state index in [4.69, 9.17) is 9.47 Å². The molecule has 1 heterocycles. The first kappa shape index (κ1) is 21.1. The van der Waals surface area contributed by atoms with Gasteiger partial charge in [-0.05, 0) is 48.7 Å². The molecule has 1 aliphatic rings. The van der Waals surface area contributed by atoms with Crippen molar-refractivity contribution in [2.24, 2.45) is 0 Å². The molecule has 0 aliphatic carbocycles. The molecule has 0 saturated heterocycles. The van der Waals surface area contributed by atoms with Gasteiger partial charge in [0.1, 0.15) is 11.5 Å². The number of carbonyl (C=O) groups excluding carboxylic acids is 1. The molecule has 1 aliphatic heterocycles. The van der Waals surface area contributed by atoms with Gasteiger partial charge in [0.2, 0.25) is 15.9 Å². The number of amides is 1. The number of ether oxygens (including phenoxy) is 2. The molecule has 7 nitrogen and oxygen atoms in total. The summed E-state index contributed by atoms with van der Waals surface area (Å²) in [6.07, 6.45) is 1.55.